The van der Waals surface area contributed by atoms with E-state index in [-0.39, 0.29) is 29.8 Å². The molecule has 0 unspecified atom stereocenters. The number of benzene rings is 2. The van der Waals surface area contributed by atoms with E-state index >= 15 is 0 Å². The van der Waals surface area contributed by atoms with Crippen LogP contribution in [0.1, 0.15) is 24.0 Å². The van der Waals surface area contributed by atoms with Gasteiger partial charge in [0, 0.05) is 43.7 Å². The Bertz CT molecular complexity index is 744. The summed E-state index contributed by atoms with van der Waals surface area (Å²) in [6.07, 6.45) is 2.14. The summed E-state index contributed by atoms with van der Waals surface area (Å²) in [6.45, 7) is 3.68. The number of guanidine groups is 1. The third-order valence-electron chi connectivity index (χ3n) is 4.84. The second-order valence-electron chi connectivity index (χ2n) is 6.87. The summed E-state index contributed by atoms with van der Waals surface area (Å²) in [4.78, 5) is 6.77. The summed E-state index contributed by atoms with van der Waals surface area (Å²) >= 11 is 3.46. The van der Waals surface area contributed by atoms with Gasteiger partial charge in [-0.2, -0.15) is 0 Å². The topological polar surface area (TPSA) is 39.7 Å². The Balaban J connectivity index is 0.00000280. The van der Waals surface area contributed by atoms with Gasteiger partial charge in [-0.05, 0) is 48.2 Å². The van der Waals surface area contributed by atoms with E-state index in [1.807, 2.05) is 24.3 Å². The molecule has 1 heterocycles. The third-order valence-corrected chi connectivity index (χ3v) is 5.37. The van der Waals surface area contributed by atoms with Gasteiger partial charge in [0.25, 0.3) is 0 Å². The lowest BCUT2D eigenvalue weighted by molar-refractivity contribution is 0.198. The Hall–Kier alpha value is -1.19. The van der Waals surface area contributed by atoms with E-state index < -0.39 is 0 Å². The summed E-state index contributed by atoms with van der Waals surface area (Å²) in [5.74, 6) is 0.665. The second-order valence-corrected chi connectivity index (χ2v) is 7.79. The van der Waals surface area contributed by atoms with E-state index in [2.05, 4.69) is 48.6 Å². The summed E-state index contributed by atoms with van der Waals surface area (Å²) in [6, 6.07) is 15.5. The minimum atomic E-state index is -0.177. The van der Waals surface area contributed by atoms with Gasteiger partial charge in [-0.25, -0.2) is 4.39 Å². The molecule has 1 aliphatic rings. The Morgan fingerprint density at radius 1 is 1.07 bits per heavy atom. The summed E-state index contributed by atoms with van der Waals surface area (Å²) in [5, 5.41) is 6.92. The van der Waals surface area contributed by atoms with Crippen LogP contribution in [0.3, 0.4) is 0 Å². The molecular weight excluding hydrogens is 534 g/mol. The summed E-state index contributed by atoms with van der Waals surface area (Å²) < 4.78 is 14.1. The zero-order chi connectivity index (χ0) is 19.1. The average molecular weight is 561 g/mol. The molecule has 0 amide bonds. The van der Waals surface area contributed by atoms with Gasteiger partial charge >= 0.3 is 0 Å². The highest BCUT2D eigenvalue weighted by atomic mass is 127. The molecule has 1 aliphatic heterocycles. The molecule has 0 aliphatic carbocycles. The highest BCUT2D eigenvalue weighted by Gasteiger charge is 2.20. The van der Waals surface area contributed by atoms with Crippen molar-refractivity contribution in [3.05, 3.63) is 69.9 Å². The summed E-state index contributed by atoms with van der Waals surface area (Å²) in [7, 11) is 1.81. The van der Waals surface area contributed by atoms with Gasteiger partial charge in [-0.1, -0.05) is 40.2 Å². The van der Waals surface area contributed by atoms with Crippen LogP contribution in [-0.2, 0) is 13.1 Å². The Morgan fingerprint density at radius 2 is 1.68 bits per heavy atom. The minimum absolute atomic E-state index is 0. The number of rotatable bonds is 5. The van der Waals surface area contributed by atoms with Crippen molar-refractivity contribution in [3.63, 3.8) is 0 Å². The monoisotopic (exact) mass is 560 g/mol. The van der Waals surface area contributed by atoms with Crippen LogP contribution in [0.2, 0.25) is 0 Å². The fraction of sp³-hybridized carbons (Fsp3) is 0.381. The number of nitrogens with zero attached hydrogens (tertiary/aromatic N) is 2. The van der Waals surface area contributed by atoms with Crippen LogP contribution in [-0.4, -0.2) is 37.0 Å². The molecule has 152 valence electrons. The van der Waals surface area contributed by atoms with Crippen molar-refractivity contribution in [3.8, 4) is 0 Å². The zero-order valence-electron chi connectivity index (χ0n) is 16.0. The molecule has 28 heavy (non-hydrogen) atoms. The van der Waals surface area contributed by atoms with Crippen molar-refractivity contribution < 1.29 is 4.39 Å². The molecule has 0 aromatic heterocycles. The first kappa shape index (κ1) is 23.1. The van der Waals surface area contributed by atoms with Crippen molar-refractivity contribution in [2.75, 3.05) is 20.1 Å². The first-order valence-electron chi connectivity index (χ1n) is 9.31. The number of hydrogen-bond donors (Lipinski definition) is 2. The fourth-order valence-electron chi connectivity index (χ4n) is 3.26. The maximum absolute atomic E-state index is 13.0. The van der Waals surface area contributed by atoms with Crippen molar-refractivity contribution in [2.24, 2.45) is 4.99 Å². The van der Waals surface area contributed by atoms with E-state index in [1.165, 1.54) is 17.7 Å². The van der Waals surface area contributed by atoms with Crippen molar-refractivity contribution in [1.29, 1.82) is 0 Å². The molecule has 1 saturated heterocycles. The molecule has 2 N–H and O–H groups in total. The largest absolute Gasteiger partial charge is 0.354 e. The molecular formula is C21H27BrFIN4. The first-order chi connectivity index (χ1) is 13.1. The van der Waals surface area contributed by atoms with Gasteiger partial charge in [0.05, 0.1) is 0 Å². The highest BCUT2D eigenvalue weighted by molar-refractivity contribution is 14.0. The molecule has 3 rings (SSSR count). The predicted molar refractivity (Wildman–Crippen MR) is 128 cm³/mol. The van der Waals surface area contributed by atoms with Crippen LogP contribution in [0.5, 0.6) is 0 Å². The SMILES string of the molecule is CN=C(NCc1ccc(Br)cc1)NC1CCN(Cc2ccc(F)cc2)CC1.I. The smallest absolute Gasteiger partial charge is 0.191 e. The molecule has 4 nitrogen and oxygen atoms in total. The number of halogens is 3. The van der Waals surface area contributed by atoms with Crippen LogP contribution in [0.4, 0.5) is 4.39 Å². The Labute approximate surface area is 192 Å². The molecule has 2 aromatic carbocycles. The van der Waals surface area contributed by atoms with E-state index in [0.29, 0.717) is 6.04 Å². The molecule has 0 bridgehead atoms. The van der Waals surface area contributed by atoms with Gasteiger partial charge in [0.1, 0.15) is 5.82 Å². The maximum atomic E-state index is 13.0. The van der Waals surface area contributed by atoms with Crippen LogP contribution in [0.25, 0.3) is 0 Å². The molecule has 2 aromatic rings. The van der Waals surface area contributed by atoms with Gasteiger partial charge in [0.15, 0.2) is 5.96 Å². The maximum Gasteiger partial charge on any atom is 0.191 e. The lowest BCUT2D eigenvalue weighted by Crippen LogP contribution is -2.48. The molecule has 0 spiro atoms. The molecule has 0 saturated carbocycles. The standard InChI is InChI=1S/C21H26BrFN4.HI/c1-24-21(25-14-16-2-6-18(22)7-3-16)26-20-10-12-27(13-11-20)15-17-4-8-19(23)9-5-17;/h2-9,20H,10-15H2,1H3,(H2,24,25,26);1H. The lowest BCUT2D eigenvalue weighted by Gasteiger charge is -2.33. The second kappa shape index (κ2) is 11.7. The van der Waals surface area contributed by atoms with E-state index in [4.69, 9.17) is 0 Å². The normalized spacial score (nSPS) is 15.8. The van der Waals surface area contributed by atoms with Crippen molar-refractivity contribution in [1.82, 2.24) is 15.5 Å². The Morgan fingerprint density at radius 3 is 2.29 bits per heavy atom. The van der Waals surface area contributed by atoms with Crippen LogP contribution < -0.4 is 10.6 Å². The van der Waals surface area contributed by atoms with Crippen LogP contribution in [0, 0.1) is 5.82 Å². The third kappa shape index (κ3) is 7.33. The van der Waals surface area contributed by atoms with Crippen molar-refractivity contribution in [2.45, 2.75) is 32.0 Å². The number of aliphatic imine (C=N–C) groups is 1. The zero-order valence-corrected chi connectivity index (χ0v) is 19.9. The van der Waals surface area contributed by atoms with Crippen LogP contribution >= 0.6 is 39.9 Å². The van der Waals surface area contributed by atoms with E-state index in [0.717, 1.165) is 55.0 Å². The van der Waals surface area contributed by atoms with E-state index in [9.17, 15) is 4.39 Å². The Kier molecular flexibility index (Phi) is 9.67. The predicted octanol–water partition coefficient (Wildman–Crippen LogP) is 4.54. The molecule has 0 atom stereocenters. The lowest BCUT2D eigenvalue weighted by atomic mass is 10.0. The summed E-state index contributed by atoms with van der Waals surface area (Å²) in [5.41, 5.74) is 2.38. The van der Waals surface area contributed by atoms with Crippen LogP contribution in [0.15, 0.2) is 58.0 Å². The van der Waals surface area contributed by atoms with Gasteiger partial charge < -0.3 is 10.6 Å². The molecule has 0 radical (unpaired) electrons. The number of nitrogens with one attached hydrogen (secondary N) is 2. The molecule has 1 fully saturated rings. The highest BCUT2D eigenvalue weighted by Crippen LogP contribution is 2.14. The quantitative estimate of drug-likeness (QED) is 0.320. The average Bonchev–Trinajstić information content (AvgIpc) is 2.69. The number of piperidine rings is 1. The van der Waals surface area contributed by atoms with Gasteiger partial charge in [0.2, 0.25) is 0 Å². The van der Waals surface area contributed by atoms with Gasteiger partial charge in [-0.15, -0.1) is 24.0 Å². The van der Waals surface area contributed by atoms with E-state index in [1.54, 1.807) is 7.05 Å². The van der Waals surface area contributed by atoms with Crippen molar-refractivity contribution >= 4 is 45.9 Å². The fourth-order valence-corrected chi connectivity index (χ4v) is 3.52. The molecule has 7 heteroatoms. The number of likely N-dealkylation sites (tertiary alicyclic amines) is 1. The first-order valence-corrected chi connectivity index (χ1v) is 10.1. The number of hydrogen-bond acceptors (Lipinski definition) is 2. The minimum Gasteiger partial charge on any atom is -0.354 e. The van der Waals surface area contributed by atoms with Gasteiger partial charge in [-0.3, -0.25) is 9.89 Å².